The lowest BCUT2D eigenvalue weighted by Crippen LogP contribution is -2.46. The van der Waals surface area contributed by atoms with E-state index in [9.17, 15) is 18.3 Å². The molecule has 1 aliphatic rings. The smallest absolute Gasteiger partial charge is 0.337 e. The van der Waals surface area contributed by atoms with Crippen LogP contribution in [-0.4, -0.2) is 57.1 Å². The number of piperazine rings is 1. The molecule has 2 aromatic carbocycles. The molecule has 3 rings (SSSR count). The Balaban J connectivity index is 1.84. The lowest BCUT2D eigenvalue weighted by Gasteiger charge is -2.35. The molecule has 1 fully saturated rings. The first-order valence-electron chi connectivity index (χ1n) is 9.80. The van der Waals surface area contributed by atoms with Crippen LogP contribution in [0.25, 0.3) is 0 Å². The van der Waals surface area contributed by atoms with E-state index in [4.69, 9.17) is 0 Å². The predicted molar refractivity (Wildman–Crippen MR) is 114 cm³/mol. The first kappa shape index (κ1) is 21.1. The molecule has 1 heterocycles. The maximum Gasteiger partial charge on any atom is 0.337 e. The summed E-state index contributed by atoms with van der Waals surface area (Å²) in [4.78, 5) is 16.4. The quantitative estimate of drug-likeness (QED) is 0.720. The molecule has 0 radical (unpaired) electrons. The van der Waals surface area contributed by atoms with Crippen molar-refractivity contribution >= 4 is 27.4 Å². The van der Waals surface area contributed by atoms with Crippen molar-refractivity contribution in [1.29, 1.82) is 0 Å². The van der Waals surface area contributed by atoms with Gasteiger partial charge in [-0.3, -0.25) is 4.72 Å². The van der Waals surface area contributed by atoms with Gasteiger partial charge < -0.3 is 14.9 Å². The molecule has 2 aromatic rings. The standard InChI is InChI=1S/C21H27N3O4S/c1-3-16-5-8-18(9-6-16)29(27,28)22-20-10-7-17(15-19(20)21(25)26)24-13-11-23(4-2)12-14-24/h5-10,15,22H,3-4,11-14H2,1-2H3,(H,25,26). The Bertz CT molecular complexity index is 966. The van der Waals surface area contributed by atoms with Gasteiger partial charge in [0.2, 0.25) is 0 Å². The second-order valence-corrected chi connectivity index (χ2v) is 8.74. The first-order chi connectivity index (χ1) is 13.8. The third kappa shape index (κ3) is 4.89. The van der Waals surface area contributed by atoms with E-state index in [1.54, 1.807) is 24.3 Å². The molecule has 8 heteroatoms. The topological polar surface area (TPSA) is 90.0 Å². The number of nitrogens with one attached hydrogen (secondary N) is 1. The van der Waals surface area contributed by atoms with Crippen LogP contribution in [-0.2, 0) is 16.4 Å². The summed E-state index contributed by atoms with van der Waals surface area (Å²) in [6.07, 6.45) is 0.810. The Morgan fingerprint density at radius 3 is 2.24 bits per heavy atom. The fraction of sp³-hybridized carbons (Fsp3) is 0.381. The van der Waals surface area contributed by atoms with Gasteiger partial charge in [0.05, 0.1) is 16.1 Å². The van der Waals surface area contributed by atoms with Gasteiger partial charge in [-0.15, -0.1) is 0 Å². The Morgan fingerprint density at radius 1 is 1.03 bits per heavy atom. The number of aryl methyl sites for hydroxylation is 1. The number of anilines is 2. The highest BCUT2D eigenvalue weighted by molar-refractivity contribution is 7.92. The summed E-state index contributed by atoms with van der Waals surface area (Å²) in [6.45, 7) is 8.55. The van der Waals surface area contributed by atoms with Crippen molar-refractivity contribution in [2.75, 3.05) is 42.3 Å². The fourth-order valence-electron chi connectivity index (χ4n) is 3.43. The van der Waals surface area contributed by atoms with Crippen LogP contribution in [0.1, 0.15) is 29.8 Å². The second kappa shape index (κ2) is 8.84. The van der Waals surface area contributed by atoms with Gasteiger partial charge in [-0.1, -0.05) is 26.0 Å². The van der Waals surface area contributed by atoms with Crippen molar-refractivity contribution in [1.82, 2.24) is 4.90 Å². The number of hydrogen-bond donors (Lipinski definition) is 2. The van der Waals surface area contributed by atoms with Crippen molar-refractivity contribution < 1.29 is 18.3 Å². The number of carbonyl (C=O) groups is 1. The molecular formula is C21H27N3O4S. The van der Waals surface area contributed by atoms with Gasteiger partial charge in [0.15, 0.2) is 0 Å². The van der Waals surface area contributed by atoms with Gasteiger partial charge in [0.25, 0.3) is 10.0 Å². The molecule has 2 N–H and O–H groups in total. The van der Waals surface area contributed by atoms with Gasteiger partial charge in [0.1, 0.15) is 0 Å². The molecule has 0 bridgehead atoms. The van der Waals surface area contributed by atoms with Crippen LogP contribution < -0.4 is 9.62 Å². The summed E-state index contributed by atoms with van der Waals surface area (Å²) in [7, 11) is -3.88. The molecule has 0 amide bonds. The maximum absolute atomic E-state index is 12.7. The third-order valence-electron chi connectivity index (χ3n) is 5.30. The largest absolute Gasteiger partial charge is 0.478 e. The molecule has 0 unspecified atom stereocenters. The highest BCUT2D eigenvalue weighted by Crippen LogP contribution is 2.27. The first-order valence-corrected chi connectivity index (χ1v) is 11.3. The number of benzene rings is 2. The summed E-state index contributed by atoms with van der Waals surface area (Å²) < 4.78 is 27.9. The molecule has 0 atom stereocenters. The highest BCUT2D eigenvalue weighted by atomic mass is 32.2. The van der Waals surface area contributed by atoms with E-state index in [2.05, 4.69) is 21.4 Å². The van der Waals surface area contributed by atoms with Crippen LogP contribution in [0, 0.1) is 0 Å². The molecule has 0 spiro atoms. The van der Waals surface area contributed by atoms with Gasteiger partial charge in [-0.2, -0.15) is 0 Å². The minimum Gasteiger partial charge on any atom is -0.478 e. The summed E-state index contributed by atoms with van der Waals surface area (Å²) in [6, 6.07) is 11.4. The van der Waals surface area contributed by atoms with E-state index in [1.807, 2.05) is 6.92 Å². The van der Waals surface area contributed by atoms with Crippen molar-refractivity contribution in [3.63, 3.8) is 0 Å². The number of hydrogen-bond acceptors (Lipinski definition) is 5. The van der Waals surface area contributed by atoms with E-state index in [0.29, 0.717) is 0 Å². The second-order valence-electron chi connectivity index (χ2n) is 7.06. The number of rotatable bonds is 7. The minimum absolute atomic E-state index is 0.0609. The Labute approximate surface area is 172 Å². The normalized spacial score (nSPS) is 15.3. The van der Waals surface area contributed by atoms with Gasteiger partial charge >= 0.3 is 5.97 Å². The highest BCUT2D eigenvalue weighted by Gasteiger charge is 2.21. The van der Waals surface area contributed by atoms with Gasteiger partial charge in [-0.25, -0.2) is 13.2 Å². The lowest BCUT2D eigenvalue weighted by atomic mass is 10.1. The van der Waals surface area contributed by atoms with E-state index >= 15 is 0 Å². The molecule has 0 saturated carbocycles. The molecule has 0 aromatic heterocycles. The number of aromatic carboxylic acids is 1. The Hall–Kier alpha value is -2.58. The van der Waals surface area contributed by atoms with E-state index in [0.717, 1.165) is 50.4 Å². The van der Waals surface area contributed by atoms with Crippen molar-refractivity contribution in [2.45, 2.75) is 25.2 Å². The Morgan fingerprint density at radius 2 is 1.69 bits per heavy atom. The molecule has 7 nitrogen and oxygen atoms in total. The summed E-state index contributed by atoms with van der Waals surface area (Å²) in [5, 5.41) is 9.64. The van der Waals surface area contributed by atoms with Crippen LogP contribution in [0.2, 0.25) is 0 Å². The van der Waals surface area contributed by atoms with Gasteiger partial charge in [-0.05, 0) is 48.9 Å². The SMILES string of the molecule is CCc1ccc(S(=O)(=O)Nc2ccc(N3CCN(CC)CC3)cc2C(=O)O)cc1. The van der Waals surface area contributed by atoms with Crippen molar-refractivity contribution in [2.24, 2.45) is 0 Å². The molecule has 0 aliphatic carbocycles. The molecule has 1 aliphatic heterocycles. The van der Waals surface area contributed by atoms with Crippen LogP contribution in [0.3, 0.4) is 0 Å². The predicted octanol–water partition coefficient (Wildman–Crippen LogP) is 2.89. The van der Waals surface area contributed by atoms with Crippen LogP contribution in [0.15, 0.2) is 47.4 Å². The van der Waals surface area contributed by atoms with Crippen molar-refractivity contribution in [3.05, 3.63) is 53.6 Å². The molecular weight excluding hydrogens is 390 g/mol. The summed E-state index contributed by atoms with van der Waals surface area (Å²) >= 11 is 0. The zero-order chi connectivity index (χ0) is 21.0. The third-order valence-corrected chi connectivity index (χ3v) is 6.69. The number of carboxylic acids is 1. The van der Waals surface area contributed by atoms with Crippen molar-refractivity contribution in [3.8, 4) is 0 Å². The molecule has 156 valence electrons. The monoisotopic (exact) mass is 417 g/mol. The number of carboxylic acid groups (broad SMARTS) is 1. The van der Waals surface area contributed by atoms with E-state index in [-0.39, 0.29) is 16.1 Å². The molecule has 29 heavy (non-hydrogen) atoms. The Kier molecular flexibility index (Phi) is 6.44. The van der Waals surface area contributed by atoms with E-state index < -0.39 is 16.0 Å². The minimum atomic E-state index is -3.88. The summed E-state index contributed by atoms with van der Waals surface area (Å²) in [5.74, 6) is -1.17. The lowest BCUT2D eigenvalue weighted by molar-refractivity contribution is 0.0698. The van der Waals surface area contributed by atoms with Crippen LogP contribution in [0.5, 0.6) is 0 Å². The number of nitrogens with zero attached hydrogens (tertiary/aromatic N) is 2. The van der Waals surface area contributed by atoms with E-state index in [1.165, 1.54) is 18.2 Å². The van der Waals surface area contributed by atoms with Gasteiger partial charge in [0, 0.05) is 31.9 Å². The molecule has 1 saturated heterocycles. The fourth-order valence-corrected chi connectivity index (χ4v) is 4.50. The maximum atomic E-state index is 12.7. The average Bonchev–Trinajstić information content (AvgIpc) is 2.73. The average molecular weight is 418 g/mol. The zero-order valence-corrected chi connectivity index (χ0v) is 17.6. The zero-order valence-electron chi connectivity index (χ0n) is 16.8. The van der Waals surface area contributed by atoms with Crippen LogP contribution in [0.4, 0.5) is 11.4 Å². The number of likely N-dealkylation sites (N-methyl/N-ethyl adjacent to an activating group) is 1. The number of sulfonamides is 1. The van der Waals surface area contributed by atoms with Crippen LogP contribution >= 0.6 is 0 Å². The summed E-state index contributed by atoms with van der Waals surface area (Å²) in [5.41, 5.74) is 1.82.